The number of aromatic carboxylic acids is 1. The van der Waals surface area contributed by atoms with E-state index in [9.17, 15) is 9.18 Å². The van der Waals surface area contributed by atoms with Crippen LogP contribution >= 0.6 is 0 Å². The number of carboxylic acid groups (broad SMARTS) is 1. The van der Waals surface area contributed by atoms with Crippen molar-refractivity contribution in [3.05, 3.63) is 35.1 Å². The zero-order valence-corrected chi connectivity index (χ0v) is 12.6. The fourth-order valence-electron chi connectivity index (χ4n) is 2.29. The second-order valence-electron chi connectivity index (χ2n) is 5.29. The number of nitrogens with zero attached hydrogens (tertiary/aromatic N) is 2. The van der Waals surface area contributed by atoms with E-state index in [1.54, 1.807) is 6.07 Å². The molecule has 0 radical (unpaired) electrons. The first kappa shape index (κ1) is 16.6. The summed E-state index contributed by atoms with van der Waals surface area (Å²) in [6.45, 7) is 6.58. The number of carboxylic acids is 1. The maximum Gasteiger partial charge on any atom is 0.338 e. The van der Waals surface area contributed by atoms with Crippen LogP contribution in [0.15, 0.2) is 18.2 Å². The first-order chi connectivity index (χ1) is 9.35. The van der Waals surface area contributed by atoms with Gasteiger partial charge in [-0.05, 0) is 45.3 Å². The van der Waals surface area contributed by atoms with Crippen LogP contribution in [0.25, 0.3) is 0 Å². The maximum absolute atomic E-state index is 13.4. The van der Waals surface area contributed by atoms with E-state index in [0.717, 1.165) is 18.7 Å². The smallest absolute Gasteiger partial charge is 0.338 e. The minimum atomic E-state index is -1.23. The molecular weight excluding hydrogens is 259 g/mol. The van der Waals surface area contributed by atoms with E-state index in [0.29, 0.717) is 12.6 Å². The third kappa shape index (κ3) is 4.58. The molecule has 1 aromatic rings. The molecule has 112 valence electrons. The highest BCUT2D eigenvalue weighted by Gasteiger charge is 2.16. The van der Waals surface area contributed by atoms with Crippen LogP contribution in [0.5, 0.6) is 0 Å². The highest BCUT2D eigenvalue weighted by Crippen LogP contribution is 2.14. The van der Waals surface area contributed by atoms with Crippen molar-refractivity contribution in [3.8, 4) is 0 Å². The second-order valence-corrected chi connectivity index (χ2v) is 5.29. The Kier molecular flexibility index (Phi) is 6.10. The summed E-state index contributed by atoms with van der Waals surface area (Å²) in [6.07, 6.45) is 0. The molecule has 0 amide bonds. The predicted molar refractivity (Wildman–Crippen MR) is 77.5 cm³/mol. The summed E-state index contributed by atoms with van der Waals surface area (Å²) < 4.78 is 13.4. The lowest BCUT2D eigenvalue weighted by Crippen LogP contribution is -2.39. The first-order valence-corrected chi connectivity index (χ1v) is 6.75. The average Bonchev–Trinajstić information content (AvgIpc) is 2.36. The van der Waals surface area contributed by atoms with Crippen LogP contribution in [0.2, 0.25) is 0 Å². The van der Waals surface area contributed by atoms with Crippen molar-refractivity contribution in [1.82, 2.24) is 9.80 Å². The fraction of sp³-hybridized carbons (Fsp3) is 0.533. The Morgan fingerprint density at radius 1 is 1.40 bits per heavy atom. The van der Waals surface area contributed by atoms with Crippen molar-refractivity contribution >= 4 is 5.97 Å². The summed E-state index contributed by atoms with van der Waals surface area (Å²) >= 11 is 0. The average molecular weight is 282 g/mol. The van der Waals surface area contributed by atoms with Gasteiger partial charge in [-0.15, -0.1) is 0 Å². The van der Waals surface area contributed by atoms with Gasteiger partial charge >= 0.3 is 5.97 Å². The number of carbonyl (C=O) groups is 1. The third-order valence-electron chi connectivity index (χ3n) is 3.31. The molecule has 0 fully saturated rings. The highest BCUT2D eigenvalue weighted by atomic mass is 19.1. The molecule has 1 aromatic carbocycles. The van der Waals surface area contributed by atoms with E-state index < -0.39 is 11.8 Å². The molecular formula is C15H23FN2O2. The maximum atomic E-state index is 13.4. The molecule has 1 rings (SSSR count). The van der Waals surface area contributed by atoms with Crippen LogP contribution in [0, 0.1) is 5.82 Å². The number of hydrogen-bond donors (Lipinski definition) is 1. The SMILES string of the molecule is CCN(Cc1ccc(F)c(C(=O)O)c1)C(C)CN(C)C. The van der Waals surface area contributed by atoms with E-state index in [2.05, 4.69) is 23.6 Å². The molecule has 20 heavy (non-hydrogen) atoms. The topological polar surface area (TPSA) is 43.8 Å². The third-order valence-corrected chi connectivity index (χ3v) is 3.31. The van der Waals surface area contributed by atoms with Crippen LogP contribution in [0.3, 0.4) is 0 Å². The minimum Gasteiger partial charge on any atom is -0.478 e. The second kappa shape index (κ2) is 7.36. The van der Waals surface area contributed by atoms with Gasteiger partial charge in [0.2, 0.25) is 0 Å². The lowest BCUT2D eigenvalue weighted by Gasteiger charge is -2.30. The zero-order valence-electron chi connectivity index (χ0n) is 12.6. The van der Waals surface area contributed by atoms with Crippen LogP contribution in [0.1, 0.15) is 29.8 Å². The van der Waals surface area contributed by atoms with Crippen molar-refractivity contribution in [2.75, 3.05) is 27.2 Å². The first-order valence-electron chi connectivity index (χ1n) is 6.75. The number of benzene rings is 1. The molecule has 0 saturated heterocycles. The van der Waals surface area contributed by atoms with E-state index in [1.165, 1.54) is 12.1 Å². The fourth-order valence-corrected chi connectivity index (χ4v) is 2.29. The van der Waals surface area contributed by atoms with Crippen molar-refractivity contribution in [2.24, 2.45) is 0 Å². The quantitative estimate of drug-likeness (QED) is 0.833. The number of halogens is 1. The summed E-state index contributed by atoms with van der Waals surface area (Å²) in [4.78, 5) is 15.3. The van der Waals surface area contributed by atoms with Gasteiger partial charge in [0.1, 0.15) is 5.82 Å². The summed E-state index contributed by atoms with van der Waals surface area (Å²) in [5.41, 5.74) is 0.551. The van der Waals surface area contributed by atoms with Crippen LogP contribution < -0.4 is 0 Å². The Hall–Kier alpha value is -1.46. The van der Waals surface area contributed by atoms with Gasteiger partial charge < -0.3 is 10.0 Å². The lowest BCUT2D eigenvalue weighted by atomic mass is 10.1. The molecule has 0 bridgehead atoms. The standard InChI is InChI=1S/C15H23FN2O2/c1-5-18(11(2)9-17(3)4)10-12-6-7-14(16)13(8-12)15(19)20/h6-8,11H,5,9-10H2,1-4H3,(H,19,20). The van der Waals surface area contributed by atoms with Crippen molar-refractivity contribution in [3.63, 3.8) is 0 Å². The van der Waals surface area contributed by atoms with Crippen LogP contribution in [-0.2, 0) is 6.54 Å². The Morgan fingerprint density at radius 2 is 2.05 bits per heavy atom. The molecule has 1 unspecified atom stereocenters. The molecule has 1 atom stereocenters. The van der Waals surface area contributed by atoms with Crippen molar-refractivity contribution in [2.45, 2.75) is 26.4 Å². The Balaban J connectivity index is 2.85. The van der Waals surface area contributed by atoms with Gasteiger partial charge in [-0.3, -0.25) is 4.90 Å². The minimum absolute atomic E-state index is 0.265. The number of hydrogen-bond acceptors (Lipinski definition) is 3. The molecule has 0 aliphatic rings. The van der Waals surface area contributed by atoms with Gasteiger partial charge in [-0.2, -0.15) is 0 Å². The Bertz CT molecular complexity index is 463. The van der Waals surface area contributed by atoms with Gasteiger partial charge in [0, 0.05) is 19.1 Å². The number of rotatable bonds is 7. The molecule has 1 N–H and O–H groups in total. The molecule has 0 aromatic heterocycles. The molecule has 0 aliphatic heterocycles. The van der Waals surface area contributed by atoms with Gasteiger partial charge in [0.15, 0.2) is 0 Å². The molecule has 5 heteroatoms. The normalized spacial score (nSPS) is 12.9. The van der Waals surface area contributed by atoms with E-state index in [4.69, 9.17) is 5.11 Å². The highest BCUT2D eigenvalue weighted by molar-refractivity contribution is 5.88. The molecule has 0 aliphatic carbocycles. The summed E-state index contributed by atoms with van der Waals surface area (Å²) in [7, 11) is 4.04. The van der Waals surface area contributed by atoms with E-state index in [-0.39, 0.29) is 5.56 Å². The van der Waals surface area contributed by atoms with Gasteiger partial charge in [-0.1, -0.05) is 13.0 Å². The van der Waals surface area contributed by atoms with Gasteiger partial charge in [-0.25, -0.2) is 9.18 Å². The molecule has 0 spiro atoms. The monoisotopic (exact) mass is 282 g/mol. The zero-order chi connectivity index (χ0) is 15.3. The van der Waals surface area contributed by atoms with Crippen molar-refractivity contribution < 1.29 is 14.3 Å². The molecule has 0 saturated carbocycles. The largest absolute Gasteiger partial charge is 0.478 e. The summed E-state index contributed by atoms with van der Waals surface area (Å²) in [6, 6.07) is 4.63. The Labute approximate surface area is 119 Å². The van der Waals surface area contributed by atoms with Gasteiger partial charge in [0.05, 0.1) is 5.56 Å². The van der Waals surface area contributed by atoms with Crippen LogP contribution in [-0.4, -0.2) is 54.1 Å². The summed E-state index contributed by atoms with van der Waals surface area (Å²) in [5.74, 6) is -1.92. The van der Waals surface area contributed by atoms with Gasteiger partial charge in [0.25, 0.3) is 0 Å². The Morgan fingerprint density at radius 3 is 2.55 bits per heavy atom. The molecule has 4 nitrogen and oxygen atoms in total. The lowest BCUT2D eigenvalue weighted by molar-refractivity contribution is 0.0691. The molecule has 0 heterocycles. The van der Waals surface area contributed by atoms with Crippen molar-refractivity contribution in [1.29, 1.82) is 0 Å². The predicted octanol–water partition coefficient (Wildman–Crippen LogP) is 2.30. The number of likely N-dealkylation sites (N-methyl/N-ethyl adjacent to an activating group) is 2. The van der Waals surface area contributed by atoms with E-state index >= 15 is 0 Å². The summed E-state index contributed by atoms with van der Waals surface area (Å²) in [5, 5.41) is 8.95. The van der Waals surface area contributed by atoms with E-state index in [1.807, 2.05) is 14.1 Å². The van der Waals surface area contributed by atoms with Crippen LogP contribution in [0.4, 0.5) is 4.39 Å².